The molecule has 0 aromatic rings. The fourth-order valence-electron chi connectivity index (χ4n) is 1.87. The molecule has 0 unspecified atom stereocenters. The Morgan fingerprint density at radius 1 is 1.45 bits per heavy atom. The first-order valence-electron chi connectivity index (χ1n) is 4.32. The summed E-state index contributed by atoms with van der Waals surface area (Å²) in [6.45, 7) is 0.767. The summed E-state index contributed by atoms with van der Waals surface area (Å²) in [5.74, 6) is 0.352. The van der Waals surface area contributed by atoms with Crippen molar-refractivity contribution in [3.63, 3.8) is 0 Å². The second-order valence-corrected chi connectivity index (χ2v) is 3.55. The summed E-state index contributed by atoms with van der Waals surface area (Å²) in [6.07, 6.45) is 7.84. The van der Waals surface area contributed by atoms with Gasteiger partial charge >= 0.3 is 0 Å². The van der Waals surface area contributed by atoms with Crippen molar-refractivity contribution in [1.29, 1.82) is 0 Å². The molecule has 1 heterocycles. The van der Waals surface area contributed by atoms with Crippen LogP contribution in [0.2, 0.25) is 0 Å². The molecule has 2 rings (SSSR count). The van der Waals surface area contributed by atoms with Gasteiger partial charge in [0.05, 0.1) is 18.5 Å². The van der Waals surface area contributed by atoms with Crippen LogP contribution in [0.4, 0.5) is 0 Å². The summed E-state index contributed by atoms with van der Waals surface area (Å²) in [5, 5.41) is 9.93. The largest absolute Gasteiger partial charge is 0.501 e. The number of hydrogen-bond donors (Lipinski definition) is 1. The molecule has 0 amide bonds. The van der Waals surface area contributed by atoms with Crippen molar-refractivity contribution in [3.8, 4) is 0 Å². The van der Waals surface area contributed by atoms with Crippen LogP contribution in [0.5, 0.6) is 0 Å². The molecule has 0 saturated heterocycles. The number of ether oxygens (including phenoxy) is 1. The maximum Gasteiger partial charge on any atom is 0.0879 e. The predicted octanol–water partition coefficient (Wildman–Crippen LogP) is 1.45. The van der Waals surface area contributed by atoms with Crippen molar-refractivity contribution < 1.29 is 9.84 Å². The molecule has 1 fully saturated rings. The van der Waals surface area contributed by atoms with Gasteiger partial charge in [0, 0.05) is 5.92 Å². The summed E-state index contributed by atoms with van der Waals surface area (Å²) in [4.78, 5) is 0. The zero-order chi connectivity index (χ0) is 7.73. The lowest BCUT2D eigenvalue weighted by Gasteiger charge is -2.42. The predicted molar refractivity (Wildman–Crippen MR) is 42.0 cm³/mol. The van der Waals surface area contributed by atoms with Crippen molar-refractivity contribution in [2.24, 2.45) is 5.92 Å². The molecule has 1 saturated carbocycles. The van der Waals surface area contributed by atoms with Crippen LogP contribution in [0, 0.1) is 5.92 Å². The minimum atomic E-state index is -0.375. The third-order valence-electron chi connectivity index (χ3n) is 2.86. The molecule has 11 heavy (non-hydrogen) atoms. The van der Waals surface area contributed by atoms with Crippen LogP contribution < -0.4 is 0 Å². The van der Waals surface area contributed by atoms with Crippen molar-refractivity contribution >= 4 is 0 Å². The van der Waals surface area contributed by atoms with E-state index in [0.29, 0.717) is 5.92 Å². The fraction of sp³-hybridized carbons (Fsp3) is 0.778. The van der Waals surface area contributed by atoms with Gasteiger partial charge in [0.15, 0.2) is 0 Å². The van der Waals surface area contributed by atoms with Crippen molar-refractivity contribution in [3.05, 3.63) is 12.3 Å². The van der Waals surface area contributed by atoms with E-state index in [1.165, 1.54) is 6.42 Å². The lowest BCUT2D eigenvalue weighted by molar-refractivity contribution is -0.0781. The highest BCUT2D eigenvalue weighted by Gasteiger charge is 2.41. The molecule has 1 aliphatic heterocycles. The molecule has 0 radical (unpaired) electrons. The van der Waals surface area contributed by atoms with E-state index in [4.69, 9.17) is 4.74 Å². The first-order chi connectivity index (χ1) is 5.31. The standard InChI is InChI=1S/C9H14O2/c10-9(4-1-5-9)8-2-6-11-7-3-8/h2,6,8,10H,1,3-5,7H2/t8-/m0/s1. The summed E-state index contributed by atoms with van der Waals surface area (Å²) in [5.41, 5.74) is -0.375. The van der Waals surface area contributed by atoms with Gasteiger partial charge in [-0.3, -0.25) is 0 Å². The van der Waals surface area contributed by atoms with Crippen molar-refractivity contribution in [1.82, 2.24) is 0 Å². The quantitative estimate of drug-likeness (QED) is 0.619. The topological polar surface area (TPSA) is 29.5 Å². The summed E-state index contributed by atoms with van der Waals surface area (Å²) in [6, 6.07) is 0. The number of rotatable bonds is 1. The molecule has 1 N–H and O–H groups in total. The summed E-state index contributed by atoms with van der Waals surface area (Å²) in [7, 11) is 0. The molecule has 62 valence electrons. The van der Waals surface area contributed by atoms with E-state index in [-0.39, 0.29) is 5.60 Å². The zero-order valence-corrected chi connectivity index (χ0v) is 6.62. The smallest absolute Gasteiger partial charge is 0.0879 e. The molecular formula is C9H14O2. The van der Waals surface area contributed by atoms with Crippen LogP contribution >= 0.6 is 0 Å². The van der Waals surface area contributed by atoms with Crippen molar-refractivity contribution in [2.75, 3.05) is 6.61 Å². The van der Waals surface area contributed by atoms with E-state index in [1.54, 1.807) is 6.26 Å². The van der Waals surface area contributed by atoms with Gasteiger partial charge in [0.25, 0.3) is 0 Å². The van der Waals surface area contributed by atoms with Gasteiger partial charge < -0.3 is 9.84 Å². The second kappa shape index (κ2) is 2.52. The third-order valence-corrected chi connectivity index (χ3v) is 2.86. The Morgan fingerprint density at radius 2 is 2.27 bits per heavy atom. The average Bonchev–Trinajstić information content (AvgIpc) is 2.02. The molecular weight excluding hydrogens is 140 g/mol. The molecule has 0 aromatic carbocycles. The highest BCUT2D eigenvalue weighted by Crippen LogP contribution is 2.41. The molecule has 2 heteroatoms. The fourth-order valence-corrected chi connectivity index (χ4v) is 1.87. The Morgan fingerprint density at radius 3 is 2.73 bits per heavy atom. The first kappa shape index (κ1) is 7.17. The Kier molecular flexibility index (Phi) is 1.64. The third kappa shape index (κ3) is 1.16. The zero-order valence-electron chi connectivity index (χ0n) is 6.62. The number of aliphatic hydroxyl groups is 1. The maximum absolute atomic E-state index is 9.93. The minimum Gasteiger partial charge on any atom is -0.501 e. The van der Waals surface area contributed by atoms with E-state index in [0.717, 1.165) is 25.9 Å². The highest BCUT2D eigenvalue weighted by atomic mass is 16.5. The van der Waals surface area contributed by atoms with Gasteiger partial charge in [0.1, 0.15) is 0 Å². The van der Waals surface area contributed by atoms with Crippen LogP contribution in [0.25, 0.3) is 0 Å². The minimum absolute atomic E-state index is 0.352. The Hall–Kier alpha value is -0.500. The SMILES string of the molecule is OC1([C@H]2C=COCC2)CCC1. The molecule has 2 aliphatic rings. The monoisotopic (exact) mass is 154 g/mol. The molecule has 0 aromatic heterocycles. The van der Waals surface area contributed by atoms with E-state index in [2.05, 4.69) is 0 Å². The van der Waals surface area contributed by atoms with Gasteiger partial charge in [-0.05, 0) is 31.8 Å². The molecule has 2 nitrogen and oxygen atoms in total. The Balaban J connectivity index is 2.02. The lowest BCUT2D eigenvalue weighted by atomic mass is 9.70. The molecule has 0 bridgehead atoms. The van der Waals surface area contributed by atoms with Gasteiger partial charge in [-0.1, -0.05) is 0 Å². The van der Waals surface area contributed by atoms with Crippen molar-refractivity contribution in [2.45, 2.75) is 31.3 Å². The molecule has 1 atom stereocenters. The summed E-state index contributed by atoms with van der Waals surface area (Å²) >= 11 is 0. The lowest BCUT2D eigenvalue weighted by Crippen LogP contribution is -2.44. The van der Waals surface area contributed by atoms with E-state index >= 15 is 0 Å². The maximum atomic E-state index is 9.93. The first-order valence-corrected chi connectivity index (χ1v) is 4.32. The average molecular weight is 154 g/mol. The second-order valence-electron chi connectivity index (χ2n) is 3.55. The Labute approximate surface area is 66.9 Å². The van der Waals surface area contributed by atoms with Crippen LogP contribution in [0.1, 0.15) is 25.7 Å². The highest BCUT2D eigenvalue weighted by molar-refractivity contribution is 5.03. The van der Waals surface area contributed by atoms with Crippen LogP contribution in [0.3, 0.4) is 0 Å². The van der Waals surface area contributed by atoms with E-state index in [1.807, 2.05) is 6.08 Å². The summed E-state index contributed by atoms with van der Waals surface area (Å²) < 4.78 is 5.07. The molecule has 1 aliphatic carbocycles. The van der Waals surface area contributed by atoms with Gasteiger partial charge in [-0.25, -0.2) is 0 Å². The van der Waals surface area contributed by atoms with Gasteiger partial charge in [0.2, 0.25) is 0 Å². The Bertz CT molecular complexity index is 170. The molecule has 0 spiro atoms. The van der Waals surface area contributed by atoms with Crippen LogP contribution in [-0.2, 0) is 4.74 Å². The van der Waals surface area contributed by atoms with Crippen LogP contribution in [-0.4, -0.2) is 17.3 Å². The van der Waals surface area contributed by atoms with Crippen LogP contribution in [0.15, 0.2) is 12.3 Å². The number of hydrogen-bond acceptors (Lipinski definition) is 2. The normalized spacial score (nSPS) is 34.1. The van der Waals surface area contributed by atoms with E-state index in [9.17, 15) is 5.11 Å². The van der Waals surface area contributed by atoms with Gasteiger partial charge in [-0.2, -0.15) is 0 Å². The van der Waals surface area contributed by atoms with E-state index < -0.39 is 0 Å². The van der Waals surface area contributed by atoms with Gasteiger partial charge in [-0.15, -0.1) is 0 Å².